The first-order valence-corrected chi connectivity index (χ1v) is 21.8. The summed E-state index contributed by atoms with van der Waals surface area (Å²) >= 11 is 0. The molecule has 0 bridgehead atoms. The Kier molecular flexibility index (Phi) is 8.97. The van der Waals surface area contributed by atoms with Crippen LogP contribution in [0.5, 0.6) is 0 Å². The third kappa shape index (κ3) is 6.28. The van der Waals surface area contributed by atoms with Crippen LogP contribution in [0.3, 0.4) is 0 Å². The van der Waals surface area contributed by atoms with E-state index in [1.54, 1.807) is 0 Å². The topological polar surface area (TPSA) is 6.48 Å². The van der Waals surface area contributed by atoms with Gasteiger partial charge in [-0.05, 0) is 103 Å². The van der Waals surface area contributed by atoms with Crippen LogP contribution in [0.25, 0.3) is 55.6 Å². The van der Waals surface area contributed by atoms with E-state index in [0.29, 0.717) is 0 Å². The highest BCUT2D eigenvalue weighted by molar-refractivity contribution is 7.00. The second-order valence-electron chi connectivity index (χ2n) is 16.4. The zero-order valence-electron chi connectivity index (χ0n) is 34.6. The van der Waals surface area contributed by atoms with Crippen molar-refractivity contribution in [3.63, 3.8) is 0 Å². The summed E-state index contributed by atoms with van der Waals surface area (Å²) in [6, 6.07) is 91.2. The van der Waals surface area contributed by atoms with Crippen molar-refractivity contribution in [3.05, 3.63) is 249 Å². The Balaban J connectivity index is 1.22. The summed E-state index contributed by atoms with van der Waals surface area (Å²) in [5.74, 6) is 0. The number of hydrogen-bond acceptors (Lipinski definition) is 2. The summed E-state index contributed by atoms with van der Waals surface area (Å²) in [4.78, 5) is 5.11. The summed E-state index contributed by atoms with van der Waals surface area (Å²) in [7, 11) is 0. The number of anilines is 6. The van der Waals surface area contributed by atoms with Crippen molar-refractivity contribution < 1.29 is 0 Å². The molecule has 2 heterocycles. The summed E-state index contributed by atoms with van der Waals surface area (Å²) in [6.45, 7) is -0.0654. The van der Waals surface area contributed by atoms with Crippen molar-refractivity contribution in [2.45, 2.75) is 0 Å². The Morgan fingerprint density at radius 1 is 0.254 bits per heavy atom. The molecule has 2 aliphatic heterocycles. The molecule has 0 radical (unpaired) electrons. The standard InChI is InChI=1S/C60H41BN2/c1-6-19-42(20-7-1)45-33-36-50(37-34-45)62-56-32-17-16-31-54(56)61-55-40-49(44-23-10-3-11-24-44)35-38-57(55)63(51-30-18-29-48(39-51)43-21-8-2-9-22-43)60-53(47-27-14-5-15-28-47)41-52(59(62)58(60)61)46-25-12-4-13-26-46/h1-41H. The van der Waals surface area contributed by atoms with Crippen molar-refractivity contribution in [2.24, 2.45) is 0 Å². The van der Waals surface area contributed by atoms with Crippen LogP contribution >= 0.6 is 0 Å². The lowest BCUT2D eigenvalue weighted by Gasteiger charge is -2.46. The van der Waals surface area contributed by atoms with E-state index in [1.165, 1.54) is 94.8 Å². The Bertz CT molecular complexity index is 3260. The number of fused-ring (bicyclic) bond motifs is 4. The molecule has 10 aromatic rings. The van der Waals surface area contributed by atoms with E-state index in [4.69, 9.17) is 0 Å². The summed E-state index contributed by atoms with van der Waals surface area (Å²) in [6.07, 6.45) is 0. The average Bonchev–Trinajstić information content (AvgIpc) is 3.37. The lowest BCUT2D eigenvalue weighted by atomic mass is 9.33. The molecule has 3 heteroatoms. The van der Waals surface area contributed by atoms with Gasteiger partial charge in [0.15, 0.2) is 0 Å². The minimum absolute atomic E-state index is 0.0654. The maximum absolute atomic E-state index is 2.56. The van der Waals surface area contributed by atoms with E-state index in [0.717, 1.165) is 11.4 Å². The molecule has 63 heavy (non-hydrogen) atoms. The third-order valence-corrected chi connectivity index (χ3v) is 12.8. The molecule has 294 valence electrons. The lowest BCUT2D eigenvalue weighted by molar-refractivity contribution is 1.25. The van der Waals surface area contributed by atoms with Crippen molar-refractivity contribution in [1.82, 2.24) is 0 Å². The molecule has 0 unspecified atom stereocenters. The van der Waals surface area contributed by atoms with Gasteiger partial charge in [0.05, 0.1) is 11.4 Å². The quantitative estimate of drug-likeness (QED) is 0.148. The molecule has 0 aromatic heterocycles. The van der Waals surface area contributed by atoms with E-state index in [-0.39, 0.29) is 6.71 Å². The molecule has 0 amide bonds. The molecule has 10 aromatic carbocycles. The largest absolute Gasteiger partial charge is 0.311 e. The van der Waals surface area contributed by atoms with Crippen LogP contribution in [-0.2, 0) is 0 Å². The van der Waals surface area contributed by atoms with Crippen molar-refractivity contribution in [1.29, 1.82) is 0 Å². The van der Waals surface area contributed by atoms with Gasteiger partial charge in [-0.1, -0.05) is 206 Å². The fraction of sp³-hybridized carbons (Fsp3) is 0. The molecule has 0 saturated heterocycles. The molecule has 0 aliphatic carbocycles. The predicted octanol–water partition coefficient (Wildman–Crippen LogP) is 14.1. The first kappa shape index (κ1) is 36.7. The van der Waals surface area contributed by atoms with E-state index in [2.05, 4.69) is 259 Å². The molecule has 0 N–H and O–H groups in total. The second-order valence-corrected chi connectivity index (χ2v) is 16.4. The Labute approximate surface area is 369 Å². The number of hydrogen-bond donors (Lipinski definition) is 0. The number of nitrogens with zero attached hydrogens (tertiary/aromatic N) is 2. The first-order valence-electron chi connectivity index (χ1n) is 21.8. The fourth-order valence-corrected chi connectivity index (χ4v) is 9.99. The van der Waals surface area contributed by atoms with Crippen molar-refractivity contribution >= 4 is 57.2 Å². The maximum Gasteiger partial charge on any atom is 0.252 e. The van der Waals surface area contributed by atoms with Gasteiger partial charge in [0.1, 0.15) is 0 Å². The SMILES string of the molecule is c1ccc(-c2ccc(N3c4ccccc4B4c5cc(-c6ccccc6)ccc5N(c5cccc(-c6ccccc6)c5)c5c(-c6ccccc6)cc(-c6ccccc6)c3c54)cc2)cc1. The molecular formula is C60H41BN2. The van der Waals surface area contributed by atoms with Crippen LogP contribution in [0.2, 0.25) is 0 Å². The maximum atomic E-state index is 2.56. The Hall–Kier alpha value is -8.14. The van der Waals surface area contributed by atoms with E-state index < -0.39 is 0 Å². The lowest BCUT2D eigenvalue weighted by Crippen LogP contribution is -2.61. The van der Waals surface area contributed by atoms with Crippen LogP contribution in [0.1, 0.15) is 0 Å². The highest BCUT2D eigenvalue weighted by Crippen LogP contribution is 2.52. The van der Waals surface area contributed by atoms with Gasteiger partial charge in [0.2, 0.25) is 0 Å². The summed E-state index contributed by atoms with van der Waals surface area (Å²) in [5.41, 5.74) is 22.8. The van der Waals surface area contributed by atoms with Crippen molar-refractivity contribution in [2.75, 3.05) is 9.80 Å². The van der Waals surface area contributed by atoms with E-state index in [9.17, 15) is 0 Å². The number of para-hydroxylation sites is 1. The smallest absolute Gasteiger partial charge is 0.252 e. The van der Waals surface area contributed by atoms with E-state index >= 15 is 0 Å². The van der Waals surface area contributed by atoms with Gasteiger partial charge in [0.25, 0.3) is 6.71 Å². The zero-order valence-corrected chi connectivity index (χ0v) is 34.6. The summed E-state index contributed by atoms with van der Waals surface area (Å²) < 4.78 is 0. The minimum Gasteiger partial charge on any atom is -0.311 e. The van der Waals surface area contributed by atoms with Gasteiger partial charge in [-0.15, -0.1) is 0 Å². The molecule has 0 atom stereocenters. The molecular weight excluding hydrogens is 759 g/mol. The Morgan fingerprint density at radius 3 is 1.24 bits per heavy atom. The van der Waals surface area contributed by atoms with Crippen LogP contribution in [-0.4, -0.2) is 6.71 Å². The van der Waals surface area contributed by atoms with Crippen LogP contribution in [0.4, 0.5) is 34.1 Å². The van der Waals surface area contributed by atoms with Crippen molar-refractivity contribution in [3.8, 4) is 55.6 Å². The predicted molar refractivity (Wildman–Crippen MR) is 268 cm³/mol. The van der Waals surface area contributed by atoms with Gasteiger partial charge in [-0.3, -0.25) is 0 Å². The molecule has 12 rings (SSSR count). The molecule has 2 nitrogen and oxygen atoms in total. The highest BCUT2D eigenvalue weighted by Gasteiger charge is 2.45. The van der Waals surface area contributed by atoms with Gasteiger partial charge in [-0.2, -0.15) is 0 Å². The van der Waals surface area contributed by atoms with Gasteiger partial charge >= 0.3 is 0 Å². The molecule has 0 saturated carbocycles. The normalized spacial score (nSPS) is 12.3. The minimum atomic E-state index is -0.0654. The second kappa shape index (κ2) is 15.4. The Morgan fingerprint density at radius 2 is 0.667 bits per heavy atom. The zero-order chi connectivity index (χ0) is 41.7. The van der Waals surface area contributed by atoms with E-state index in [1.807, 2.05) is 0 Å². The monoisotopic (exact) mass is 800 g/mol. The summed E-state index contributed by atoms with van der Waals surface area (Å²) in [5, 5.41) is 0. The molecule has 0 spiro atoms. The van der Waals surface area contributed by atoms with Gasteiger partial charge < -0.3 is 9.80 Å². The average molecular weight is 801 g/mol. The molecule has 2 aliphatic rings. The molecule has 0 fully saturated rings. The van der Waals surface area contributed by atoms with Crippen LogP contribution < -0.4 is 26.2 Å². The number of rotatable bonds is 7. The third-order valence-electron chi connectivity index (χ3n) is 12.8. The van der Waals surface area contributed by atoms with Gasteiger partial charge in [0, 0.05) is 33.9 Å². The highest BCUT2D eigenvalue weighted by atomic mass is 15.2. The fourth-order valence-electron chi connectivity index (χ4n) is 9.99. The number of benzene rings is 10. The van der Waals surface area contributed by atoms with Crippen LogP contribution in [0, 0.1) is 0 Å². The first-order chi connectivity index (χ1) is 31.3. The van der Waals surface area contributed by atoms with Crippen LogP contribution in [0.15, 0.2) is 249 Å². The van der Waals surface area contributed by atoms with Gasteiger partial charge in [-0.25, -0.2) is 0 Å².